The van der Waals surface area contributed by atoms with Crippen LogP contribution in [-0.4, -0.2) is 47.6 Å². The van der Waals surface area contributed by atoms with Gasteiger partial charge in [-0.3, -0.25) is 0 Å². The van der Waals surface area contributed by atoms with Gasteiger partial charge in [-0.1, -0.05) is 13.3 Å². The first kappa shape index (κ1) is 15.0. The van der Waals surface area contributed by atoms with E-state index in [1.54, 1.807) is 0 Å². The Kier molecular flexibility index (Phi) is 11.0. The zero-order valence-corrected chi connectivity index (χ0v) is 6.95. The van der Waals surface area contributed by atoms with E-state index >= 15 is 0 Å². The standard InChI is InChI=1S/C8H12O4.Sn.4H/c1-2-3-6-12-8(11)5-4-7(9)10;;;;;/h4-5H,2-3,6H2,1H3,(H,9,10);;;;;/b5-4-;;;;;. The van der Waals surface area contributed by atoms with Crippen LogP contribution < -0.4 is 0 Å². The molecule has 0 aliphatic carbocycles. The quantitative estimate of drug-likeness (QED) is 0.322. The fraction of sp³-hybridized carbons (Fsp3) is 0.500. The van der Waals surface area contributed by atoms with Crippen LogP contribution in [0.25, 0.3) is 0 Å². The summed E-state index contributed by atoms with van der Waals surface area (Å²) in [5.74, 6) is -1.76. The summed E-state index contributed by atoms with van der Waals surface area (Å²) in [6.07, 6.45) is 3.40. The van der Waals surface area contributed by atoms with Gasteiger partial charge < -0.3 is 9.84 Å². The maximum absolute atomic E-state index is 10.6. The molecule has 0 aromatic carbocycles. The number of hydrogen-bond donors (Lipinski definition) is 1. The molecule has 0 spiro atoms. The summed E-state index contributed by atoms with van der Waals surface area (Å²) in [4.78, 5) is 20.6. The van der Waals surface area contributed by atoms with Gasteiger partial charge in [0.2, 0.25) is 0 Å². The number of carbonyl (C=O) groups is 2. The number of unbranched alkanes of at least 4 members (excludes halogenated alkanes) is 1. The second-order valence-electron chi connectivity index (χ2n) is 2.19. The van der Waals surface area contributed by atoms with Crippen LogP contribution in [0.3, 0.4) is 0 Å². The Morgan fingerprint density at radius 3 is 2.46 bits per heavy atom. The molecule has 0 saturated heterocycles. The van der Waals surface area contributed by atoms with Crippen LogP contribution in [-0.2, 0) is 14.3 Å². The van der Waals surface area contributed by atoms with Crippen molar-refractivity contribution < 1.29 is 19.4 Å². The maximum atomic E-state index is 10.6. The van der Waals surface area contributed by atoms with E-state index in [0.29, 0.717) is 6.61 Å². The summed E-state index contributed by atoms with van der Waals surface area (Å²) >= 11 is 0. The van der Waals surface area contributed by atoms with E-state index in [1.807, 2.05) is 6.92 Å². The zero-order valence-electron chi connectivity index (χ0n) is 6.95. The van der Waals surface area contributed by atoms with Crippen LogP contribution in [0, 0.1) is 0 Å². The molecule has 0 unspecified atom stereocenters. The van der Waals surface area contributed by atoms with Crippen molar-refractivity contribution in [1.82, 2.24) is 0 Å². The van der Waals surface area contributed by atoms with Crippen molar-refractivity contribution in [2.24, 2.45) is 0 Å². The van der Waals surface area contributed by atoms with E-state index in [2.05, 4.69) is 4.74 Å². The molecule has 0 heterocycles. The molecule has 1 N–H and O–H groups in total. The third kappa shape index (κ3) is 11.5. The molecule has 0 bridgehead atoms. The fourth-order valence-corrected chi connectivity index (χ4v) is 0.505. The molecule has 0 radical (unpaired) electrons. The third-order valence-electron chi connectivity index (χ3n) is 1.10. The van der Waals surface area contributed by atoms with Crippen LogP contribution >= 0.6 is 0 Å². The number of esters is 1. The van der Waals surface area contributed by atoms with Crippen molar-refractivity contribution in [1.29, 1.82) is 0 Å². The van der Waals surface area contributed by atoms with Crippen LogP contribution in [0.4, 0.5) is 0 Å². The molecule has 0 aliphatic rings. The summed E-state index contributed by atoms with van der Waals surface area (Å²) in [7, 11) is 0. The molecule has 13 heavy (non-hydrogen) atoms. The molecule has 0 rings (SSSR count). The van der Waals surface area contributed by atoms with Gasteiger partial charge in [-0.25, -0.2) is 9.59 Å². The van der Waals surface area contributed by atoms with Gasteiger partial charge in [0, 0.05) is 12.2 Å². The monoisotopic (exact) mass is 296 g/mol. The van der Waals surface area contributed by atoms with Crippen LogP contribution in [0.1, 0.15) is 19.8 Å². The molecule has 4 nitrogen and oxygen atoms in total. The van der Waals surface area contributed by atoms with Crippen molar-refractivity contribution in [2.45, 2.75) is 19.8 Å². The molecule has 0 atom stereocenters. The number of hydrogen-bond acceptors (Lipinski definition) is 3. The second-order valence-corrected chi connectivity index (χ2v) is 2.19. The predicted molar refractivity (Wildman–Crippen MR) is 54.0 cm³/mol. The second kappa shape index (κ2) is 9.57. The van der Waals surface area contributed by atoms with Gasteiger partial charge in [-0.05, 0) is 6.42 Å². The van der Waals surface area contributed by atoms with Crippen LogP contribution in [0.2, 0.25) is 0 Å². The number of ether oxygens (including phenoxy) is 1. The van der Waals surface area contributed by atoms with Gasteiger partial charge in [0.05, 0.1) is 6.61 Å². The number of aliphatic carboxylic acids is 1. The van der Waals surface area contributed by atoms with E-state index in [4.69, 9.17) is 5.11 Å². The SMILES string of the molecule is CCCCOC(=O)/C=C\C(=O)O.[SnH4]. The molecule has 5 heteroatoms. The summed E-state index contributed by atoms with van der Waals surface area (Å²) in [6, 6.07) is 0. The molecule has 0 fully saturated rings. The van der Waals surface area contributed by atoms with Crippen molar-refractivity contribution >= 4 is 35.8 Å². The average Bonchev–Trinajstić information content (AvgIpc) is 2.01. The summed E-state index contributed by atoms with van der Waals surface area (Å²) in [5.41, 5.74) is 0. The Morgan fingerprint density at radius 1 is 1.38 bits per heavy atom. The zero-order chi connectivity index (χ0) is 9.40. The number of carboxylic acid groups (broad SMARTS) is 1. The van der Waals surface area contributed by atoms with E-state index in [9.17, 15) is 9.59 Å². The van der Waals surface area contributed by atoms with Gasteiger partial charge in [0.25, 0.3) is 0 Å². The number of carbonyl (C=O) groups excluding carboxylic acids is 1. The van der Waals surface area contributed by atoms with Gasteiger partial charge in [-0.2, -0.15) is 0 Å². The third-order valence-corrected chi connectivity index (χ3v) is 1.10. The Labute approximate surface area is 93.9 Å². The topological polar surface area (TPSA) is 63.6 Å². The van der Waals surface area contributed by atoms with Crippen molar-refractivity contribution in [3.05, 3.63) is 12.2 Å². The summed E-state index contributed by atoms with van der Waals surface area (Å²) in [6.45, 7) is 2.32. The molecule has 0 aromatic rings. The Hall–Kier alpha value is -0.521. The van der Waals surface area contributed by atoms with E-state index in [1.165, 1.54) is 0 Å². The van der Waals surface area contributed by atoms with E-state index in [-0.39, 0.29) is 23.9 Å². The van der Waals surface area contributed by atoms with Crippen LogP contribution in [0.15, 0.2) is 12.2 Å². The number of rotatable bonds is 5. The van der Waals surface area contributed by atoms with Gasteiger partial charge in [0.1, 0.15) is 0 Å². The first-order valence-electron chi connectivity index (χ1n) is 3.74. The van der Waals surface area contributed by atoms with Crippen molar-refractivity contribution in [3.63, 3.8) is 0 Å². The predicted octanol–water partition coefficient (Wildman–Crippen LogP) is -0.481. The fourth-order valence-electron chi connectivity index (χ4n) is 0.505. The Balaban J connectivity index is 0. The molecule has 0 aromatic heterocycles. The first-order valence-corrected chi connectivity index (χ1v) is 3.74. The molecule has 76 valence electrons. The molecule has 0 saturated carbocycles. The molecular formula is C8H16O4Sn. The van der Waals surface area contributed by atoms with Crippen molar-refractivity contribution in [2.75, 3.05) is 6.61 Å². The Morgan fingerprint density at radius 2 is 2.00 bits per heavy atom. The minimum atomic E-state index is -1.15. The van der Waals surface area contributed by atoms with Crippen molar-refractivity contribution in [3.8, 4) is 0 Å². The average molecular weight is 295 g/mol. The van der Waals surface area contributed by atoms with Crippen LogP contribution in [0.5, 0.6) is 0 Å². The van der Waals surface area contributed by atoms with E-state index < -0.39 is 11.9 Å². The van der Waals surface area contributed by atoms with Gasteiger partial charge >= 0.3 is 35.8 Å². The Bertz CT molecular complexity index is 189. The molecular weight excluding hydrogens is 279 g/mol. The normalized spacial score (nSPS) is 9.31. The summed E-state index contributed by atoms with van der Waals surface area (Å²) in [5, 5.41) is 8.14. The first-order chi connectivity index (χ1) is 5.66. The minimum absolute atomic E-state index is 0. The molecule has 0 amide bonds. The van der Waals surface area contributed by atoms with Gasteiger partial charge in [-0.15, -0.1) is 0 Å². The number of carboxylic acids is 1. The van der Waals surface area contributed by atoms with Gasteiger partial charge in [0.15, 0.2) is 0 Å². The summed E-state index contributed by atoms with van der Waals surface area (Å²) < 4.78 is 4.64. The molecule has 0 aliphatic heterocycles. The van der Waals surface area contributed by atoms with E-state index in [0.717, 1.165) is 25.0 Å².